The topological polar surface area (TPSA) is 131 Å². The zero-order valence-corrected chi connectivity index (χ0v) is 23.7. The summed E-state index contributed by atoms with van der Waals surface area (Å²) in [6.45, 7) is -0.0457. The third-order valence-electron chi connectivity index (χ3n) is 6.68. The number of halogens is 1. The van der Waals surface area contributed by atoms with E-state index in [2.05, 4.69) is 15.9 Å². The summed E-state index contributed by atoms with van der Waals surface area (Å²) in [6, 6.07) is 25.7. The highest BCUT2D eigenvalue weighted by Crippen LogP contribution is 2.33. The van der Waals surface area contributed by atoms with Crippen LogP contribution in [0.1, 0.15) is 32.0 Å². The molecule has 0 aliphatic rings. The average molecular weight is 632 g/mol. The minimum absolute atomic E-state index is 0.000436. The molecular formula is C31H22BrNO7S. The number of carboxylic acids is 2. The van der Waals surface area contributed by atoms with E-state index < -0.39 is 27.3 Å². The van der Waals surface area contributed by atoms with Crippen LogP contribution in [0.5, 0.6) is 0 Å². The smallest absolute Gasteiger partial charge is 0.353 e. The maximum absolute atomic E-state index is 13.6. The lowest BCUT2D eigenvalue weighted by molar-refractivity contribution is 0.0679. The van der Waals surface area contributed by atoms with E-state index in [4.69, 9.17) is 5.11 Å². The first kappa shape index (κ1) is 28.0. The maximum Gasteiger partial charge on any atom is 0.353 e. The number of benzene rings is 4. The molecule has 0 atom stereocenters. The molecule has 0 radical (unpaired) electrons. The van der Waals surface area contributed by atoms with Gasteiger partial charge < -0.3 is 10.2 Å². The molecule has 5 aromatic rings. The monoisotopic (exact) mass is 631 g/mol. The molecule has 0 aliphatic carbocycles. The van der Waals surface area contributed by atoms with E-state index in [1.54, 1.807) is 66.7 Å². The molecule has 0 aliphatic heterocycles. The molecule has 5 rings (SSSR count). The lowest BCUT2D eigenvalue weighted by Crippen LogP contribution is -2.28. The summed E-state index contributed by atoms with van der Waals surface area (Å²) in [5, 5.41) is 20.2. The van der Waals surface area contributed by atoms with Crippen LogP contribution < -0.4 is 5.56 Å². The molecule has 0 fully saturated rings. The normalized spacial score (nSPS) is 11.4. The molecule has 0 amide bonds. The second-order valence-corrected chi connectivity index (χ2v) is 12.3. The fourth-order valence-corrected chi connectivity index (χ4v) is 6.43. The summed E-state index contributed by atoms with van der Waals surface area (Å²) in [5.74, 6) is -2.72. The molecule has 1 heterocycles. The van der Waals surface area contributed by atoms with Crippen LogP contribution >= 0.6 is 15.9 Å². The Balaban J connectivity index is 1.52. The van der Waals surface area contributed by atoms with Crippen molar-refractivity contribution < 1.29 is 28.2 Å². The number of carboxylic acid groups (broad SMARTS) is 2. The van der Waals surface area contributed by atoms with Crippen LogP contribution in [0.2, 0.25) is 0 Å². The molecule has 10 heteroatoms. The Morgan fingerprint density at radius 3 is 2.00 bits per heavy atom. The van der Waals surface area contributed by atoms with Gasteiger partial charge in [0.15, 0.2) is 9.84 Å². The fourth-order valence-electron chi connectivity index (χ4n) is 4.72. The predicted molar refractivity (Wildman–Crippen MR) is 158 cm³/mol. The molecule has 0 spiro atoms. The van der Waals surface area contributed by atoms with Gasteiger partial charge in [0.25, 0.3) is 5.56 Å². The number of pyridine rings is 1. The van der Waals surface area contributed by atoms with Crippen molar-refractivity contribution in [2.45, 2.75) is 17.2 Å². The Labute approximate surface area is 243 Å². The number of hydrogen-bond acceptors (Lipinski definition) is 5. The third-order valence-corrected chi connectivity index (χ3v) is 8.88. The van der Waals surface area contributed by atoms with Crippen molar-refractivity contribution in [2.24, 2.45) is 0 Å². The van der Waals surface area contributed by atoms with E-state index in [1.165, 1.54) is 28.8 Å². The number of fused-ring (bicyclic) bond motifs is 1. The SMILES string of the molecule is O=C(O)c1ccc(S(=O)(=O)Cc2ccc(Cn3c(C(=O)O)c(-c4ccccc4)c4cc(Br)ccc4c3=O)cc2)cc1. The number of aromatic nitrogens is 1. The molecular weight excluding hydrogens is 610 g/mol. The molecule has 0 unspecified atom stereocenters. The van der Waals surface area contributed by atoms with Crippen molar-refractivity contribution in [3.05, 3.63) is 134 Å². The zero-order chi connectivity index (χ0) is 29.3. The molecule has 206 valence electrons. The van der Waals surface area contributed by atoms with Crippen molar-refractivity contribution >= 4 is 48.5 Å². The van der Waals surface area contributed by atoms with E-state index >= 15 is 0 Å². The van der Waals surface area contributed by atoms with Gasteiger partial charge in [-0.2, -0.15) is 0 Å². The van der Waals surface area contributed by atoms with Gasteiger partial charge in [0.1, 0.15) is 5.69 Å². The van der Waals surface area contributed by atoms with E-state index in [1.807, 2.05) is 6.07 Å². The minimum atomic E-state index is -3.75. The largest absolute Gasteiger partial charge is 0.478 e. The molecule has 0 bridgehead atoms. The number of sulfone groups is 1. The molecule has 41 heavy (non-hydrogen) atoms. The van der Waals surface area contributed by atoms with Crippen LogP contribution in [-0.4, -0.2) is 35.1 Å². The van der Waals surface area contributed by atoms with Crippen molar-refractivity contribution in [3.8, 4) is 11.1 Å². The maximum atomic E-state index is 13.6. The summed E-state index contributed by atoms with van der Waals surface area (Å²) in [5.41, 5.74) is 1.54. The van der Waals surface area contributed by atoms with Crippen molar-refractivity contribution in [1.82, 2.24) is 4.57 Å². The minimum Gasteiger partial charge on any atom is -0.478 e. The molecule has 0 saturated carbocycles. The lowest BCUT2D eigenvalue weighted by Gasteiger charge is -2.18. The second kappa shape index (κ2) is 11.1. The van der Waals surface area contributed by atoms with E-state index in [9.17, 15) is 27.9 Å². The average Bonchev–Trinajstić information content (AvgIpc) is 2.95. The Bertz CT molecular complexity index is 1970. The molecule has 8 nitrogen and oxygen atoms in total. The van der Waals surface area contributed by atoms with Crippen LogP contribution in [0.25, 0.3) is 21.9 Å². The van der Waals surface area contributed by atoms with Crippen molar-refractivity contribution in [1.29, 1.82) is 0 Å². The first-order chi connectivity index (χ1) is 19.5. The highest BCUT2D eigenvalue weighted by Gasteiger charge is 2.23. The fraction of sp³-hybridized carbons (Fsp3) is 0.0645. The molecule has 2 N–H and O–H groups in total. The molecule has 1 aromatic heterocycles. The summed E-state index contributed by atoms with van der Waals surface area (Å²) >= 11 is 3.43. The quantitative estimate of drug-likeness (QED) is 0.220. The lowest BCUT2D eigenvalue weighted by atomic mass is 9.96. The highest BCUT2D eigenvalue weighted by atomic mass is 79.9. The molecule has 4 aromatic carbocycles. The number of carbonyl (C=O) groups is 2. The summed E-state index contributed by atoms with van der Waals surface area (Å²) in [4.78, 5) is 37.3. The predicted octanol–water partition coefficient (Wildman–Crippen LogP) is 5.85. The Morgan fingerprint density at radius 2 is 1.39 bits per heavy atom. The van der Waals surface area contributed by atoms with E-state index in [0.29, 0.717) is 37.5 Å². The first-order valence-electron chi connectivity index (χ1n) is 12.3. The summed E-state index contributed by atoms with van der Waals surface area (Å²) in [7, 11) is -3.75. The van der Waals surface area contributed by atoms with Crippen molar-refractivity contribution in [3.63, 3.8) is 0 Å². The number of hydrogen-bond donors (Lipinski definition) is 2. The zero-order valence-electron chi connectivity index (χ0n) is 21.3. The van der Waals surface area contributed by atoms with Crippen LogP contribution in [-0.2, 0) is 22.1 Å². The van der Waals surface area contributed by atoms with Gasteiger partial charge in [-0.15, -0.1) is 0 Å². The van der Waals surface area contributed by atoms with Gasteiger partial charge in [-0.3, -0.25) is 9.36 Å². The van der Waals surface area contributed by atoms with Gasteiger partial charge in [-0.05, 0) is 64.5 Å². The van der Waals surface area contributed by atoms with Gasteiger partial charge >= 0.3 is 11.9 Å². The highest BCUT2D eigenvalue weighted by molar-refractivity contribution is 9.10. The second-order valence-electron chi connectivity index (χ2n) is 9.38. The Hall–Kier alpha value is -4.54. The summed E-state index contributed by atoms with van der Waals surface area (Å²) < 4.78 is 27.7. The Kier molecular flexibility index (Phi) is 7.61. The van der Waals surface area contributed by atoms with Gasteiger partial charge in [-0.25, -0.2) is 18.0 Å². The van der Waals surface area contributed by atoms with Crippen LogP contribution in [0.15, 0.2) is 111 Å². The standard InChI is InChI=1S/C31H22BrNO7S/c32-23-12-15-25-26(16-23)27(21-4-2-1-3-5-21)28(31(37)38)33(29(25)34)17-19-6-8-20(9-7-19)18-41(39,40)24-13-10-22(11-14-24)30(35)36/h1-16H,17-18H2,(H,35,36)(H,37,38). The summed E-state index contributed by atoms with van der Waals surface area (Å²) in [6.07, 6.45) is 0. The first-order valence-corrected chi connectivity index (χ1v) is 14.8. The third kappa shape index (κ3) is 5.70. The number of aromatic carboxylic acids is 2. The van der Waals surface area contributed by atoms with E-state index in [0.717, 1.165) is 0 Å². The van der Waals surface area contributed by atoms with Crippen LogP contribution in [0.3, 0.4) is 0 Å². The number of rotatable bonds is 8. The van der Waals surface area contributed by atoms with Crippen LogP contribution in [0.4, 0.5) is 0 Å². The molecule has 0 saturated heterocycles. The Morgan fingerprint density at radius 1 is 0.756 bits per heavy atom. The number of nitrogens with zero attached hydrogens (tertiary/aromatic N) is 1. The van der Waals surface area contributed by atoms with Gasteiger partial charge in [0.2, 0.25) is 0 Å². The van der Waals surface area contributed by atoms with Gasteiger partial charge in [-0.1, -0.05) is 70.5 Å². The van der Waals surface area contributed by atoms with Crippen LogP contribution in [0, 0.1) is 0 Å². The van der Waals surface area contributed by atoms with Crippen molar-refractivity contribution in [2.75, 3.05) is 0 Å². The van der Waals surface area contributed by atoms with Gasteiger partial charge in [0.05, 0.1) is 22.8 Å². The van der Waals surface area contributed by atoms with E-state index in [-0.39, 0.29) is 28.5 Å². The van der Waals surface area contributed by atoms with Gasteiger partial charge in [0, 0.05) is 15.4 Å².